The predicted molar refractivity (Wildman–Crippen MR) is 123 cm³/mol. The summed E-state index contributed by atoms with van der Waals surface area (Å²) in [6.07, 6.45) is 0.765. The van der Waals surface area contributed by atoms with Gasteiger partial charge in [-0.3, -0.25) is 9.10 Å². The minimum absolute atomic E-state index is 0.0275. The van der Waals surface area contributed by atoms with Gasteiger partial charge in [0.1, 0.15) is 6.54 Å². The van der Waals surface area contributed by atoms with Crippen molar-refractivity contribution in [1.82, 2.24) is 5.32 Å². The van der Waals surface area contributed by atoms with Gasteiger partial charge < -0.3 is 5.32 Å². The molecule has 6 heteroatoms. The fourth-order valence-corrected chi connectivity index (χ4v) is 5.44. The quantitative estimate of drug-likeness (QED) is 0.684. The molecule has 164 valence electrons. The Morgan fingerprint density at radius 1 is 0.933 bits per heavy atom. The molecule has 5 nitrogen and oxygen atoms in total. The number of benzene rings is 2. The number of aryl methyl sites for hydroxylation is 1. The van der Waals surface area contributed by atoms with Gasteiger partial charge in [-0.05, 0) is 68.9 Å². The van der Waals surface area contributed by atoms with Gasteiger partial charge in [0.2, 0.25) is 5.91 Å². The van der Waals surface area contributed by atoms with Crippen molar-refractivity contribution in [2.45, 2.75) is 65.3 Å². The van der Waals surface area contributed by atoms with Crippen LogP contribution in [-0.2, 0) is 14.8 Å². The van der Waals surface area contributed by atoms with Crippen molar-refractivity contribution in [1.29, 1.82) is 0 Å². The fraction of sp³-hybridized carbons (Fsp3) is 0.458. The van der Waals surface area contributed by atoms with Crippen LogP contribution in [0.3, 0.4) is 0 Å². The summed E-state index contributed by atoms with van der Waals surface area (Å²) >= 11 is 0. The Labute approximate surface area is 181 Å². The third kappa shape index (κ3) is 6.08. The lowest BCUT2D eigenvalue weighted by molar-refractivity contribution is -0.121. The van der Waals surface area contributed by atoms with Crippen LogP contribution < -0.4 is 9.62 Å². The molecule has 0 fully saturated rings. The average Bonchev–Trinajstić information content (AvgIpc) is 2.60. The molecule has 0 atom stereocenters. The minimum atomic E-state index is -3.91. The van der Waals surface area contributed by atoms with Crippen LogP contribution in [0.15, 0.2) is 53.4 Å². The van der Waals surface area contributed by atoms with Crippen molar-refractivity contribution in [2.24, 2.45) is 5.41 Å². The number of anilines is 1. The second-order valence-electron chi connectivity index (χ2n) is 9.71. The first-order valence-corrected chi connectivity index (χ1v) is 11.6. The van der Waals surface area contributed by atoms with E-state index in [0.717, 1.165) is 17.5 Å². The highest BCUT2D eigenvalue weighted by Crippen LogP contribution is 2.29. The van der Waals surface area contributed by atoms with Gasteiger partial charge in [-0.15, -0.1) is 0 Å². The van der Waals surface area contributed by atoms with Crippen LogP contribution in [0, 0.1) is 19.3 Å². The van der Waals surface area contributed by atoms with Crippen LogP contribution >= 0.6 is 0 Å². The molecule has 0 aliphatic carbocycles. The first-order valence-electron chi connectivity index (χ1n) is 10.2. The van der Waals surface area contributed by atoms with Crippen LogP contribution in [0.4, 0.5) is 5.69 Å². The van der Waals surface area contributed by atoms with E-state index in [1.807, 2.05) is 39.8 Å². The summed E-state index contributed by atoms with van der Waals surface area (Å²) in [6.45, 7) is 13.8. The number of hydrogen-bond donors (Lipinski definition) is 1. The zero-order valence-electron chi connectivity index (χ0n) is 19.1. The number of nitrogens with one attached hydrogen (secondary N) is 1. The van der Waals surface area contributed by atoms with Crippen molar-refractivity contribution in [3.63, 3.8) is 0 Å². The molecule has 0 unspecified atom stereocenters. The molecule has 0 aliphatic rings. The van der Waals surface area contributed by atoms with E-state index < -0.39 is 15.6 Å². The molecular weight excluding hydrogens is 396 g/mol. The second-order valence-corrected chi connectivity index (χ2v) is 11.6. The largest absolute Gasteiger partial charge is 0.350 e. The summed E-state index contributed by atoms with van der Waals surface area (Å²) in [5.41, 5.74) is 1.88. The van der Waals surface area contributed by atoms with E-state index in [-0.39, 0.29) is 22.8 Å². The molecule has 0 aromatic heterocycles. The predicted octanol–water partition coefficient (Wildman–Crippen LogP) is 4.83. The Bertz CT molecular complexity index is 991. The number of carbonyl (C=O) groups is 1. The van der Waals surface area contributed by atoms with Crippen LogP contribution in [0.5, 0.6) is 0 Å². The lowest BCUT2D eigenvalue weighted by atomic mass is 9.82. The van der Waals surface area contributed by atoms with Crippen molar-refractivity contribution in [3.8, 4) is 0 Å². The molecule has 2 aromatic carbocycles. The lowest BCUT2D eigenvalue weighted by Crippen LogP contribution is -2.50. The summed E-state index contributed by atoms with van der Waals surface area (Å²) in [7, 11) is -3.91. The average molecular weight is 431 g/mol. The molecule has 0 radical (unpaired) electrons. The van der Waals surface area contributed by atoms with E-state index in [1.165, 1.54) is 4.31 Å². The third-order valence-corrected chi connectivity index (χ3v) is 6.69. The van der Waals surface area contributed by atoms with E-state index >= 15 is 0 Å². The van der Waals surface area contributed by atoms with E-state index in [4.69, 9.17) is 0 Å². The molecule has 0 spiro atoms. The first-order chi connectivity index (χ1) is 13.7. The number of nitrogens with zero attached hydrogens (tertiary/aromatic N) is 1. The summed E-state index contributed by atoms with van der Waals surface area (Å²) in [4.78, 5) is 13.1. The number of rotatable bonds is 7. The van der Waals surface area contributed by atoms with Crippen molar-refractivity contribution in [2.75, 3.05) is 10.8 Å². The SMILES string of the molecule is Cc1cccc(N(CC(=O)NC(C)(C)CC(C)(C)C)S(=O)(=O)c2ccccc2)c1C. The van der Waals surface area contributed by atoms with Gasteiger partial charge in [0.25, 0.3) is 10.0 Å². The van der Waals surface area contributed by atoms with E-state index in [1.54, 1.807) is 36.4 Å². The summed E-state index contributed by atoms with van der Waals surface area (Å²) in [5.74, 6) is -0.329. The monoisotopic (exact) mass is 430 g/mol. The maximum absolute atomic E-state index is 13.5. The smallest absolute Gasteiger partial charge is 0.264 e. The fourth-order valence-electron chi connectivity index (χ4n) is 3.94. The van der Waals surface area contributed by atoms with Gasteiger partial charge in [0, 0.05) is 5.54 Å². The van der Waals surface area contributed by atoms with Gasteiger partial charge in [-0.1, -0.05) is 51.1 Å². The summed E-state index contributed by atoms with van der Waals surface area (Å²) < 4.78 is 28.2. The van der Waals surface area contributed by atoms with Crippen molar-refractivity contribution < 1.29 is 13.2 Å². The number of hydrogen-bond acceptors (Lipinski definition) is 3. The number of sulfonamides is 1. The molecule has 1 amide bonds. The Hall–Kier alpha value is -2.34. The molecule has 0 saturated heterocycles. The highest BCUT2D eigenvalue weighted by Gasteiger charge is 2.31. The first kappa shape index (κ1) is 23.9. The van der Waals surface area contributed by atoms with Crippen LogP contribution in [0.2, 0.25) is 0 Å². The van der Waals surface area contributed by atoms with E-state index in [0.29, 0.717) is 5.69 Å². The maximum atomic E-state index is 13.5. The van der Waals surface area contributed by atoms with Gasteiger partial charge in [0.15, 0.2) is 0 Å². The highest BCUT2D eigenvalue weighted by molar-refractivity contribution is 7.92. The summed E-state index contributed by atoms with van der Waals surface area (Å²) in [5, 5.41) is 3.03. The van der Waals surface area contributed by atoms with Gasteiger partial charge in [-0.2, -0.15) is 0 Å². The van der Waals surface area contributed by atoms with Gasteiger partial charge in [0.05, 0.1) is 10.6 Å². The van der Waals surface area contributed by atoms with Crippen molar-refractivity contribution in [3.05, 3.63) is 59.7 Å². The van der Waals surface area contributed by atoms with Gasteiger partial charge >= 0.3 is 0 Å². The molecular formula is C24H34N2O3S. The Balaban J connectivity index is 2.43. The zero-order chi connectivity index (χ0) is 22.7. The molecule has 2 rings (SSSR count). The molecule has 0 bridgehead atoms. The number of amides is 1. The molecule has 2 aromatic rings. The minimum Gasteiger partial charge on any atom is -0.350 e. The Morgan fingerprint density at radius 2 is 1.53 bits per heavy atom. The highest BCUT2D eigenvalue weighted by atomic mass is 32.2. The zero-order valence-corrected chi connectivity index (χ0v) is 19.9. The van der Waals surface area contributed by atoms with E-state index in [9.17, 15) is 13.2 Å². The topological polar surface area (TPSA) is 66.5 Å². The third-order valence-electron chi connectivity index (χ3n) is 4.91. The van der Waals surface area contributed by atoms with Crippen LogP contribution in [-0.4, -0.2) is 26.4 Å². The normalized spacial score (nSPS) is 12.5. The Kier molecular flexibility index (Phi) is 7.02. The van der Waals surface area contributed by atoms with Crippen LogP contribution in [0.1, 0.15) is 52.2 Å². The van der Waals surface area contributed by atoms with E-state index in [2.05, 4.69) is 26.1 Å². The van der Waals surface area contributed by atoms with Crippen LogP contribution in [0.25, 0.3) is 0 Å². The molecule has 0 aliphatic heterocycles. The molecule has 30 heavy (non-hydrogen) atoms. The summed E-state index contributed by atoms with van der Waals surface area (Å²) in [6, 6.07) is 13.7. The molecule has 0 saturated carbocycles. The second kappa shape index (κ2) is 8.80. The van der Waals surface area contributed by atoms with Crippen molar-refractivity contribution >= 4 is 21.6 Å². The number of carbonyl (C=O) groups excluding carboxylic acids is 1. The maximum Gasteiger partial charge on any atom is 0.264 e. The molecule has 1 N–H and O–H groups in total. The standard InChI is InChI=1S/C24H34N2O3S/c1-18-12-11-15-21(19(18)2)26(30(28,29)20-13-9-8-10-14-20)16-22(27)25-24(6,7)17-23(3,4)5/h8-15H,16-17H2,1-7H3,(H,25,27). The molecule has 0 heterocycles. The lowest BCUT2D eigenvalue weighted by Gasteiger charge is -2.34. The Morgan fingerprint density at radius 3 is 2.10 bits per heavy atom. The van der Waals surface area contributed by atoms with Gasteiger partial charge in [-0.25, -0.2) is 8.42 Å².